The molecule has 2 N–H and O–H groups in total. The first-order valence-corrected chi connectivity index (χ1v) is 11.1. The molecule has 0 aliphatic carbocycles. The quantitative estimate of drug-likeness (QED) is 0.503. The first kappa shape index (κ1) is 22.0. The van der Waals surface area contributed by atoms with Gasteiger partial charge in [0.2, 0.25) is 0 Å². The van der Waals surface area contributed by atoms with Crippen molar-refractivity contribution < 1.29 is 17.9 Å². The molecule has 0 aliphatic rings. The van der Waals surface area contributed by atoms with Gasteiger partial charge >= 0.3 is 0 Å². The number of hydrogen-bond donors (Lipinski definition) is 2. The summed E-state index contributed by atoms with van der Waals surface area (Å²) in [6, 6.07) is 18.9. The van der Waals surface area contributed by atoms with E-state index in [1.54, 1.807) is 49.4 Å². The van der Waals surface area contributed by atoms with Crippen LogP contribution in [-0.4, -0.2) is 20.4 Å². The molecule has 0 saturated heterocycles. The third-order valence-corrected chi connectivity index (χ3v) is 5.85. The van der Waals surface area contributed by atoms with Gasteiger partial charge in [0.1, 0.15) is 5.75 Å². The molecule has 3 aromatic rings. The zero-order chi connectivity index (χ0) is 21.7. The van der Waals surface area contributed by atoms with Crippen molar-refractivity contribution in [1.29, 1.82) is 0 Å². The molecule has 0 bridgehead atoms. The highest BCUT2D eigenvalue weighted by atomic mass is 35.5. The molecule has 156 valence electrons. The van der Waals surface area contributed by atoms with Crippen molar-refractivity contribution in [1.82, 2.24) is 0 Å². The molecule has 0 fully saturated rings. The number of carbonyl (C=O) groups is 1. The molecule has 30 heavy (non-hydrogen) atoms. The molecule has 9 heteroatoms. The van der Waals surface area contributed by atoms with E-state index in [1.165, 1.54) is 30.3 Å². The van der Waals surface area contributed by atoms with Gasteiger partial charge < -0.3 is 10.1 Å². The largest absolute Gasteiger partial charge is 0.481 e. The summed E-state index contributed by atoms with van der Waals surface area (Å²) in [6.07, 6.45) is -0.781. The lowest BCUT2D eigenvalue weighted by Crippen LogP contribution is -2.30. The van der Waals surface area contributed by atoms with Crippen LogP contribution in [0.3, 0.4) is 0 Å². The predicted molar refractivity (Wildman–Crippen MR) is 119 cm³/mol. The number of ether oxygens (including phenoxy) is 1. The van der Waals surface area contributed by atoms with Crippen LogP contribution in [0.2, 0.25) is 10.0 Å². The number of nitrogens with one attached hydrogen (secondary N) is 2. The van der Waals surface area contributed by atoms with Gasteiger partial charge in [-0.25, -0.2) is 8.42 Å². The minimum absolute atomic E-state index is 0.0451. The number of benzene rings is 3. The molecular formula is C21H18Cl2N2O4S. The normalized spacial score (nSPS) is 12.1. The van der Waals surface area contributed by atoms with Crippen LogP contribution < -0.4 is 14.8 Å². The maximum atomic E-state index is 12.5. The van der Waals surface area contributed by atoms with Gasteiger partial charge in [-0.15, -0.1) is 0 Å². The summed E-state index contributed by atoms with van der Waals surface area (Å²) in [7, 11) is -3.79. The molecule has 0 saturated carbocycles. The number of carbonyl (C=O) groups excluding carboxylic acids is 1. The van der Waals surface area contributed by atoms with Crippen molar-refractivity contribution in [2.75, 3.05) is 10.0 Å². The highest BCUT2D eigenvalue weighted by Gasteiger charge is 2.17. The Labute approximate surface area is 184 Å². The first-order valence-electron chi connectivity index (χ1n) is 8.84. The molecule has 0 spiro atoms. The molecule has 1 atom stereocenters. The van der Waals surface area contributed by atoms with E-state index in [4.69, 9.17) is 27.9 Å². The standard InChI is InChI=1S/C21H18Cl2N2O4S/c1-14(29-19-7-3-5-16(23)13-19)21(26)24-17-8-10-20(11-9-17)30(27,28)25-18-6-2-4-15(22)12-18/h2-14,25H,1H3,(H,24,26). The van der Waals surface area contributed by atoms with Crippen molar-refractivity contribution in [3.05, 3.63) is 82.8 Å². The van der Waals surface area contributed by atoms with E-state index in [0.717, 1.165) is 0 Å². The fraction of sp³-hybridized carbons (Fsp3) is 0.0952. The molecule has 3 aromatic carbocycles. The summed E-state index contributed by atoms with van der Waals surface area (Å²) in [4.78, 5) is 12.4. The van der Waals surface area contributed by atoms with Gasteiger partial charge in [-0.1, -0.05) is 35.3 Å². The molecule has 0 radical (unpaired) electrons. The summed E-state index contributed by atoms with van der Waals surface area (Å²) in [5, 5.41) is 3.60. The molecule has 6 nitrogen and oxygen atoms in total. The van der Waals surface area contributed by atoms with Crippen LogP contribution >= 0.6 is 23.2 Å². The van der Waals surface area contributed by atoms with Gasteiger partial charge in [-0.2, -0.15) is 0 Å². The number of halogens is 2. The van der Waals surface area contributed by atoms with Gasteiger partial charge in [-0.3, -0.25) is 9.52 Å². The van der Waals surface area contributed by atoms with Crippen LogP contribution in [0.15, 0.2) is 77.7 Å². The van der Waals surface area contributed by atoms with Crippen molar-refractivity contribution >= 4 is 50.5 Å². The fourth-order valence-corrected chi connectivity index (χ4v) is 3.95. The lowest BCUT2D eigenvalue weighted by Gasteiger charge is -2.15. The summed E-state index contributed by atoms with van der Waals surface area (Å²) in [6.45, 7) is 1.60. The minimum atomic E-state index is -3.79. The van der Waals surface area contributed by atoms with Crippen LogP contribution in [0.5, 0.6) is 5.75 Å². The number of rotatable bonds is 7. The Kier molecular flexibility index (Phi) is 6.87. The average Bonchev–Trinajstić information content (AvgIpc) is 2.68. The van der Waals surface area contributed by atoms with Crippen molar-refractivity contribution in [2.24, 2.45) is 0 Å². The van der Waals surface area contributed by atoms with Crippen molar-refractivity contribution in [2.45, 2.75) is 17.9 Å². The molecule has 1 amide bonds. The second-order valence-electron chi connectivity index (χ2n) is 6.35. The van der Waals surface area contributed by atoms with E-state index in [-0.39, 0.29) is 10.8 Å². The second kappa shape index (κ2) is 9.38. The number of amides is 1. The third kappa shape index (κ3) is 5.89. The molecule has 1 unspecified atom stereocenters. The summed E-state index contributed by atoms with van der Waals surface area (Å²) in [5.74, 6) is 0.0846. The second-order valence-corrected chi connectivity index (χ2v) is 8.90. The average molecular weight is 465 g/mol. The number of anilines is 2. The lowest BCUT2D eigenvalue weighted by atomic mass is 10.3. The van der Waals surface area contributed by atoms with Gasteiger partial charge in [0.05, 0.1) is 10.6 Å². The van der Waals surface area contributed by atoms with Crippen molar-refractivity contribution in [3.8, 4) is 5.75 Å². The molecule has 3 rings (SSSR count). The summed E-state index contributed by atoms with van der Waals surface area (Å²) in [5.41, 5.74) is 0.787. The number of sulfonamides is 1. The maximum Gasteiger partial charge on any atom is 0.265 e. The Hall–Kier alpha value is -2.74. The topological polar surface area (TPSA) is 84.5 Å². The third-order valence-electron chi connectivity index (χ3n) is 3.99. The predicted octanol–water partition coefficient (Wildman–Crippen LogP) is 5.20. The van der Waals surface area contributed by atoms with Gasteiger partial charge in [0.15, 0.2) is 6.10 Å². The van der Waals surface area contributed by atoms with Gasteiger partial charge in [0.25, 0.3) is 15.9 Å². The Morgan fingerprint density at radius 2 is 1.53 bits per heavy atom. The van der Waals surface area contributed by atoms with Gasteiger partial charge in [0, 0.05) is 15.7 Å². The van der Waals surface area contributed by atoms with E-state index in [2.05, 4.69) is 10.0 Å². The zero-order valence-electron chi connectivity index (χ0n) is 15.8. The Morgan fingerprint density at radius 3 is 2.17 bits per heavy atom. The van der Waals surface area contributed by atoms with E-state index in [9.17, 15) is 13.2 Å². The summed E-state index contributed by atoms with van der Waals surface area (Å²) >= 11 is 11.8. The number of hydrogen-bond acceptors (Lipinski definition) is 4. The van der Waals surface area contributed by atoms with E-state index >= 15 is 0 Å². The fourth-order valence-electron chi connectivity index (χ4n) is 2.53. The Bertz CT molecular complexity index is 1150. The zero-order valence-corrected chi connectivity index (χ0v) is 18.1. The highest BCUT2D eigenvalue weighted by molar-refractivity contribution is 7.92. The van der Waals surface area contributed by atoms with Crippen LogP contribution in [0.4, 0.5) is 11.4 Å². The smallest absolute Gasteiger partial charge is 0.265 e. The SMILES string of the molecule is CC(Oc1cccc(Cl)c1)C(=O)Nc1ccc(S(=O)(=O)Nc2cccc(Cl)c2)cc1. The van der Waals surface area contributed by atoms with Crippen LogP contribution in [0.25, 0.3) is 0 Å². The molecule has 0 aliphatic heterocycles. The highest BCUT2D eigenvalue weighted by Crippen LogP contribution is 2.22. The van der Waals surface area contributed by atoms with Crippen LogP contribution in [0, 0.1) is 0 Å². The lowest BCUT2D eigenvalue weighted by molar-refractivity contribution is -0.122. The van der Waals surface area contributed by atoms with Gasteiger partial charge in [-0.05, 0) is 67.6 Å². The van der Waals surface area contributed by atoms with E-state index in [1.807, 2.05) is 0 Å². The molecule has 0 aromatic heterocycles. The van der Waals surface area contributed by atoms with Crippen LogP contribution in [-0.2, 0) is 14.8 Å². The molecule has 0 heterocycles. The minimum Gasteiger partial charge on any atom is -0.481 e. The first-order chi connectivity index (χ1) is 14.2. The van der Waals surface area contributed by atoms with Crippen molar-refractivity contribution in [3.63, 3.8) is 0 Å². The maximum absolute atomic E-state index is 12.5. The van der Waals surface area contributed by atoms with E-state index in [0.29, 0.717) is 27.2 Å². The molecular weight excluding hydrogens is 447 g/mol. The Morgan fingerprint density at radius 1 is 0.900 bits per heavy atom. The Balaban J connectivity index is 1.64. The summed E-state index contributed by atoms with van der Waals surface area (Å²) < 4.78 is 33.1. The monoisotopic (exact) mass is 464 g/mol. The van der Waals surface area contributed by atoms with Crippen LogP contribution in [0.1, 0.15) is 6.92 Å². The van der Waals surface area contributed by atoms with E-state index < -0.39 is 16.1 Å².